The van der Waals surface area contributed by atoms with E-state index in [9.17, 15) is 9.59 Å². The van der Waals surface area contributed by atoms with Gasteiger partial charge in [-0.2, -0.15) is 0 Å². The molecule has 0 saturated carbocycles. The van der Waals surface area contributed by atoms with Gasteiger partial charge in [-0.15, -0.1) is 0 Å². The first kappa shape index (κ1) is 14.2. The second-order valence-electron chi connectivity index (χ2n) is 5.34. The molecular formula is C13H21N3O2S. The van der Waals surface area contributed by atoms with Crippen molar-refractivity contribution in [3.63, 3.8) is 0 Å². The van der Waals surface area contributed by atoms with Crippen LogP contribution >= 0.6 is 12.2 Å². The number of fused-ring (bicyclic) bond motifs is 1. The first-order chi connectivity index (χ1) is 9.06. The Bertz CT molecular complexity index is 399. The van der Waals surface area contributed by atoms with Crippen LogP contribution in [0.25, 0.3) is 0 Å². The molecule has 2 aliphatic rings. The number of piperidine rings is 1. The molecule has 3 N–H and O–H groups in total. The number of amides is 2. The number of carbonyl (C=O) groups is 2. The molecule has 106 valence electrons. The minimum Gasteiger partial charge on any atom is -0.393 e. The number of hydrogen-bond acceptors (Lipinski definition) is 3. The zero-order valence-corrected chi connectivity index (χ0v) is 12.0. The highest BCUT2D eigenvalue weighted by molar-refractivity contribution is 7.80. The van der Waals surface area contributed by atoms with Crippen molar-refractivity contribution in [1.29, 1.82) is 0 Å². The minimum atomic E-state index is -0.380. The molecular weight excluding hydrogens is 262 g/mol. The number of rotatable bonds is 4. The topological polar surface area (TPSA) is 75.4 Å². The molecule has 19 heavy (non-hydrogen) atoms. The van der Waals surface area contributed by atoms with Crippen molar-refractivity contribution in [2.75, 3.05) is 13.1 Å². The molecule has 2 aliphatic heterocycles. The maximum absolute atomic E-state index is 12.6. The maximum Gasteiger partial charge on any atom is 0.232 e. The van der Waals surface area contributed by atoms with E-state index in [1.54, 1.807) is 0 Å². The minimum absolute atomic E-state index is 0.000509. The van der Waals surface area contributed by atoms with Crippen molar-refractivity contribution in [2.24, 2.45) is 17.6 Å². The van der Waals surface area contributed by atoms with Crippen LogP contribution in [0.15, 0.2) is 0 Å². The number of thiocarbonyl (C=S) groups is 1. The van der Waals surface area contributed by atoms with E-state index in [-0.39, 0.29) is 34.7 Å². The normalized spacial score (nSPS) is 27.6. The van der Waals surface area contributed by atoms with Gasteiger partial charge in [0.25, 0.3) is 0 Å². The van der Waals surface area contributed by atoms with Crippen molar-refractivity contribution in [2.45, 2.75) is 38.6 Å². The van der Waals surface area contributed by atoms with Gasteiger partial charge in [0.15, 0.2) is 0 Å². The van der Waals surface area contributed by atoms with Gasteiger partial charge in [-0.05, 0) is 19.3 Å². The molecule has 3 atom stereocenters. The van der Waals surface area contributed by atoms with E-state index >= 15 is 0 Å². The summed E-state index contributed by atoms with van der Waals surface area (Å²) in [7, 11) is 0. The number of nitrogens with two attached hydrogens (primary N) is 1. The second-order valence-corrected chi connectivity index (χ2v) is 5.81. The van der Waals surface area contributed by atoms with E-state index in [1.807, 2.05) is 11.8 Å². The van der Waals surface area contributed by atoms with Gasteiger partial charge in [0.05, 0.1) is 22.9 Å². The first-order valence-electron chi connectivity index (χ1n) is 6.93. The molecule has 2 fully saturated rings. The lowest BCUT2D eigenvalue weighted by Crippen LogP contribution is -2.52. The lowest BCUT2D eigenvalue weighted by molar-refractivity contribution is -0.138. The average Bonchev–Trinajstić information content (AvgIpc) is 2.77. The lowest BCUT2D eigenvalue weighted by atomic mass is 9.89. The van der Waals surface area contributed by atoms with Crippen LogP contribution in [0.1, 0.15) is 32.6 Å². The fourth-order valence-corrected chi connectivity index (χ4v) is 3.32. The van der Waals surface area contributed by atoms with Crippen LogP contribution in [0.5, 0.6) is 0 Å². The largest absolute Gasteiger partial charge is 0.393 e. The van der Waals surface area contributed by atoms with E-state index in [1.165, 1.54) is 0 Å². The summed E-state index contributed by atoms with van der Waals surface area (Å²) >= 11 is 5.02. The fraction of sp³-hybridized carbons (Fsp3) is 0.769. The van der Waals surface area contributed by atoms with Crippen molar-refractivity contribution in [1.82, 2.24) is 10.2 Å². The summed E-state index contributed by atoms with van der Waals surface area (Å²) in [4.78, 5) is 26.4. The fourth-order valence-electron chi connectivity index (χ4n) is 3.10. The van der Waals surface area contributed by atoms with Gasteiger partial charge in [0.2, 0.25) is 11.8 Å². The Morgan fingerprint density at radius 2 is 2.37 bits per heavy atom. The van der Waals surface area contributed by atoms with E-state index in [2.05, 4.69) is 5.32 Å². The van der Waals surface area contributed by atoms with E-state index in [4.69, 9.17) is 18.0 Å². The SMILES string of the molecule is CCCC(C(=O)N1CCCC2C(=O)NCC21)C(N)=S. The van der Waals surface area contributed by atoms with Gasteiger partial charge in [0.1, 0.15) is 0 Å². The Labute approximate surface area is 118 Å². The molecule has 2 heterocycles. The number of carbonyl (C=O) groups excluding carboxylic acids is 2. The van der Waals surface area contributed by atoms with Gasteiger partial charge in [-0.25, -0.2) is 0 Å². The van der Waals surface area contributed by atoms with Crippen molar-refractivity contribution in [3.05, 3.63) is 0 Å². The summed E-state index contributed by atoms with van der Waals surface area (Å²) in [5.74, 6) is -0.355. The summed E-state index contributed by atoms with van der Waals surface area (Å²) in [5, 5.41) is 2.85. The zero-order valence-electron chi connectivity index (χ0n) is 11.2. The predicted molar refractivity (Wildman–Crippen MR) is 76.4 cm³/mol. The van der Waals surface area contributed by atoms with Crippen LogP contribution in [0.3, 0.4) is 0 Å². The Hall–Kier alpha value is -1.17. The quantitative estimate of drug-likeness (QED) is 0.734. The number of nitrogens with zero attached hydrogens (tertiary/aromatic N) is 1. The van der Waals surface area contributed by atoms with Gasteiger partial charge in [-0.1, -0.05) is 25.6 Å². The lowest BCUT2D eigenvalue weighted by Gasteiger charge is -2.37. The second kappa shape index (κ2) is 5.86. The van der Waals surface area contributed by atoms with E-state index in [0.717, 1.165) is 19.3 Å². The summed E-state index contributed by atoms with van der Waals surface area (Å²) in [5.41, 5.74) is 5.70. The molecule has 6 heteroatoms. The van der Waals surface area contributed by atoms with E-state index in [0.29, 0.717) is 19.5 Å². The Balaban J connectivity index is 2.13. The Kier molecular flexibility index (Phi) is 4.39. The van der Waals surface area contributed by atoms with Gasteiger partial charge >= 0.3 is 0 Å². The molecule has 0 aromatic heterocycles. The van der Waals surface area contributed by atoms with Crippen LogP contribution in [0.4, 0.5) is 0 Å². The van der Waals surface area contributed by atoms with Crippen LogP contribution in [-0.4, -0.2) is 40.8 Å². The van der Waals surface area contributed by atoms with Gasteiger partial charge < -0.3 is 16.0 Å². The van der Waals surface area contributed by atoms with Crippen molar-refractivity contribution in [3.8, 4) is 0 Å². The zero-order chi connectivity index (χ0) is 14.0. The first-order valence-corrected chi connectivity index (χ1v) is 7.34. The predicted octanol–water partition coefficient (Wildman–Crippen LogP) is 0.426. The third-order valence-corrected chi connectivity index (χ3v) is 4.39. The molecule has 0 bridgehead atoms. The van der Waals surface area contributed by atoms with E-state index < -0.39 is 0 Å². The molecule has 0 aliphatic carbocycles. The smallest absolute Gasteiger partial charge is 0.232 e. The third kappa shape index (κ3) is 2.73. The summed E-state index contributed by atoms with van der Waals surface area (Å²) in [6.07, 6.45) is 3.29. The van der Waals surface area contributed by atoms with Crippen LogP contribution in [0, 0.1) is 11.8 Å². The highest BCUT2D eigenvalue weighted by atomic mass is 32.1. The highest BCUT2D eigenvalue weighted by Crippen LogP contribution is 2.29. The average molecular weight is 283 g/mol. The number of likely N-dealkylation sites (tertiary alicyclic amines) is 1. The van der Waals surface area contributed by atoms with Crippen LogP contribution < -0.4 is 11.1 Å². The molecule has 5 nitrogen and oxygen atoms in total. The van der Waals surface area contributed by atoms with Gasteiger partial charge in [-0.3, -0.25) is 9.59 Å². The summed E-state index contributed by atoms with van der Waals surface area (Å²) < 4.78 is 0. The van der Waals surface area contributed by atoms with Crippen molar-refractivity contribution >= 4 is 29.0 Å². The summed E-state index contributed by atoms with van der Waals surface area (Å²) in [6.45, 7) is 3.28. The molecule has 3 unspecified atom stereocenters. The number of hydrogen-bond donors (Lipinski definition) is 2. The molecule has 0 aromatic carbocycles. The van der Waals surface area contributed by atoms with Crippen LogP contribution in [-0.2, 0) is 9.59 Å². The Morgan fingerprint density at radius 3 is 3.00 bits per heavy atom. The molecule has 2 rings (SSSR count). The molecule has 0 aromatic rings. The third-order valence-electron chi connectivity index (χ3n) is 4.10. The molecule has 2 saturated heterocycles. The number of nitrogens with one attached hydrogen (secondary N) is 1. The van der Waals surface area contributed by atoms with Gasteiger partial charge in [0, 0.05) is 13.1 Å². The molecule has 0 radical (unpaired) electrons. The maximum atomic E-state index is 12.6. The monoisotopic (exact) mass is 283 g/mol. The molecule has 0 spiro atoms. The van der Waals surface area contributed by atoms with Crippen LogP contribution in [0.2, 0.25) is 0 Å². The standard InChI is InChI=1S/C13H21N3O2S/c1-2-4-9(11(14)19)13(18)16-6-3-5-8-10(16)7-15-12(8)17/h8-10H,2-7H2,1H3,(H2,14,19)(H,15,17). The summed E-state index contributed by atoms with van der Waals surface area (Å²) in [6, 6.07) is -0.0116. The molecule has 2 amide bonds. The van der Waals surface area contributed by atoms with Crippen molar-refractivity contribution < 1.29 is 9.59 Å². The Morgan fingerprint density at radius 1 is 1.63 bits per heavy atom. The highest BCUT2D eigenvalue weighted by Gasteiger charge is 2.44.